The molecule has 2 aliphatic carbocycles. The lowest BCUT2D eigenvalue weighted by Gasteiger charge is -2.37. The van der Waals surface area contributed by atoms with Crippen molar-refractivity contribution in [2.24, 2.45) is 4.99 Å². The smallest absolute Gasteiger partial charge is 0.0840 e. The number of hydrogen-bond donors (Lipinski definition) is 0. The maximum atomic E-state index is 4.60. The van der Waals surface area contributed by atoms with Crippen LogP contribution in [0.1, 0.15) is 18.1 Å². The Balaban J connectivity index is 2.12. The fourth-order valence-corrected chi connectivity index (χ4v) is 3.36. The molecule has 1 aliphatic heterocycles. The van der Waals surface area contributed by atoms with Gasteiger partial charge in [-0.05, 0) is 41.9 Å². The van der Waals surface area contributed by atoms with Crippen molar-refractivity contribution >= 4 is 12.3 Å². The Morgan fingerprint density at radius 2 is 2.00 bits per heavy atom. The summed E-state index contributed by atoms with van der Waals surface area (Å²) >= 11 is 0. The van der Waals surface area contributed by atoms with E-state index >= 15 is 0 Å². The van der Waals surface area contributed by atoms with Crippen LogP contribution >= 0.6 is 0 Å². The van der Waals surface area contributed by atoms with Crippen LogP contribution in [0, 0.1) is 0 Å². The van der Waals surface area contributed by atoms with E-state index in [0.29, 0.717) is 0 Å². The van der Waals surface area contributed by atoms with Crippen molar-refractivity contribution in [1.29, 1.82) is 0 Å². The molecule has 86 valence electrons. The van der Waals surface area contributed by atoms with E-state index < -0.39 is 0 Å². The highest BCUT2D eigenvalue weighted by Gasteiger charge is 2.46. The van der Waals surface area contributed by atoms with E-state index in [4.69, 9.17) is 0 Å². The van der Waals surface area contributed by atoms with Gasteiger partial charge in [0, 0.05) is 6.21 Å². The fraction of sp³-hybridized carbons (Fsp3) is 0.118. The minimum atomic E-state index is -0.125. The van der Waals surface area contributed by atoms with Crippen LogP contribution in [0.4, 0.5) is 0 Å². The molecule has 0 bridgehead atoms. The summed E-state index contributed by atoms with van der Waals surface area (Å²) in [6.45, 7) is 2.20. The summed E-state index contributed by atoms with van der Waals surface area (Å²) in [5.41, 5.74) is 6.38. The van der Waals surface area contributed by atoms with E-state index in [0.717, 1.165) is 5.70 Å². The van der Waals surface area contributed by atoms with Gasteiger partial charge in [-0.1, -0.05) is 42.0 Å². The third-order valence-electron chi connectivity index (χ3n) is 4.15. The quantitative estimate of drug-likeness (QED) is 0.644. The molecule has 18 heavy (non-hydrogen) atoms. The number of fused-ring (bicyclic) bond motifs is 1. The second kappa shape index (κ2) is 3.20. The summed E-state index contributed by atoms with van der Waals surface area (Å²) < 4.78 is 0. The summed E-state index contributed by atoms with van der Waals surface area (Å²) in [6, 6.07) is 8.63. The molecule has 0 fully saturated rings. The second-order valence-electron chi connectivity index (χ2n) is 4.98. The van der Waals surface area contributed by atoms with Crippen molar-refractivity contribution in [3.8, 4) is 0 Å². The SMILES string of the molecule is CC1=CC=NC2=CC=CC3=Cc4ccccc4C132. The standard InChI is InChI=1S/C17H13N/c1-12-9-10-18-16-8-4-6-14-11-13-5-2-3-7-15(13)17(12,14)16/h2-11H,1H3. The summed E-state index contributed by atoms with van der Waals surface area (Å²) in [5.74, 6) is 0. The average molecular weight is 231 g/mol. The minimum Gasteiger partial charge on any atom is -0.260 e. The van der Waals surface area contributed by atoms with Gasteiger partial charge in [-0.3, -0.25) is 4.99 Å². The van der Waals surface area contributed by atoms with Crippen molar-refractivity contribution < 1.29 is 0 Å². The van der Waals surface area contributed by atoms with Crippen molar-refractivity contribution in [3.63, 3.8) is 0 Å². The second-order valence-corrected chi connectivity index (χ2v) is 4.98. The Morgan fingerprint density at radius 1 is 1.11 bits per heavy atom. The zero-order valence-electron chi connectivity index (χ0n) is 10.2. The lowest BCUT2D eigenvalue weighted by atomic mass is 9.67. The number of rotatable bonds is 0. The first kappa shape index (κ1) is 9.84. The molecule has 1 aromatic rings. The first-order valence-electron chi connectivity index (χ1n) is 6.25. The fourth-order valence-electron chi connectivity index (χ4n) is 3.36. The van der Waals surface area contributed by atoms with Crippen LogP contribution in [-0.2, 0) is 5.41 Å². The molecule has 1 spiro atoms. The highest BCUT2D eigenvalue weighted by molar-refractivity contribution is 5.86. The molecule has 3 aliphatic rings. The molecule has 1 heteroatoms. The van der Waals surface area contributed by atoms with Gasteiger partial charge in [0.25, 0.3) is 0 Å². The molecule has 4 rings (SSSR count). The predicted octanol–water partition coefficient (Wildman–Crippen LogP) is 3.81. The Hall–Kier alpha value is -2.15. The Bertz CT molecular complexity index is 698. The third-order valence-corrected chi connectivity index (χ3v) is 4.15. The van der Waals surface area contributed by atoms with Crippen LogP contribution < -0.4 is 0 Å². The van der Waals surface area contributed by atoms with Gasteiger partial charge < -0.3 is 0 Å². The molecule has 0 amide bonds. The van der Waals surface area contributed by atoms with Gasteiger partial charge in [-0.25, -0.2) is 0 Å². The first-order chi connectivity index (χ1) is 8.83. The molecule has 1 nitrogen and oxygen atoms in total. The van der Waals surface area contributed by atoms with E-state index in [1.807, 2.05) is 6.21 Å². The number of aliphatic imine (C=N–C) groups is 1. The maximum absolute atomic E-state index is 4.60. The van der Waals surface area contributed by atoms with Crippen LogP contribution in [0.3, 0.4) is 0 Å². The zero-order valence-corrected chi connectivity index (χ0v) is 10.2. The first-order valence-corrected chi connectivity index (χ1v) is 6.25. The van der Waals surface area contributed by atoms with E-state index in [2.05, 4.69) is 66.6 Å². The summed E-state index contributed by atoms with van der Waals surface area (Å²) in [6.07, 6.45) is 12.8. The van der Waals surface area contributed by atoms with Gasteiger partial charge in [0.05, 0.1) is 11.1 Å². The normalized spacial score (nSPS) is 26.8. The van der Waals surface area contributed by atoms with Crippen LogP contribution in [0.5, 0.6) is 0 Å². The molecule has 1 unspecified atom stereocenters. The Kier molecular flexibility index (Phi) is 1.75. The molecule has 0 aromatic heterocycles. The van der Waals surface area contributed by atoms with E-state index in [9.17, 15) is 0 Å². The molecular formula is C17H13N. The summed E-state index contributed by atoms with van der Waals surface area (Å²) in [5, 5.41) is 0. The zero-order chi connectivity index (χ0) is 12.2. The lowest BCUT2D eigenvalue weighted by Crippen LogP contribution is -2.32. The third kappa shape index (κ3) is 0.958. The van der Waals surface area contributed by atoms with Gasteiger partial charge in [-0.2, -0.15) is 0 Å². The molecule has 1 aromatic carbocycles. The van der Waals surface area contributed by atoms with Crippen LogP contribution in [0.25, 0.3) is 6.08 Å². The van der Waals surface area contributed by atoms with Gasteiger partial charge in [0.15, 0.2) is 0 Å². The Morgan fingerprint density at radius 3 is 2.94 bits per heavy atom. The molecule has 0 radical (unpaired) electrons. The largest absolute Gasteiger partial charge is 0.260 e. The van der Waals surface area contributed by atoms with E-state index in [1.165, 1.54) is 22.3 Å². The van der Waals surface area contributed by atoms with Crippen molar-refractivity contribution in [2.45, 2.75) is 12.3 Å². The molecule has 0 saturated heterocycles. The van der Waals surface area contributed by atoms with Gasteiger partial charge in [-0.15, -0.1) is 0 Å². The number of nitrogens with zero attached hydrogens (tertiary/aromatic N) is 1. The molecular weight excluding hydrogens is 218 g/mol. The minimum absolute atomic E-state index is 0.125. The van der Waals surface area contributed by atoms with E-state index in [1.54, 1.807) is 0 Å². The van der Waals surface area contributed by atoms with Gasteiger partial charge in [0.2, 0.25) is 0 Å². The highest BCUT2D eigenvalue weighted by Crippen LogP contribution is 2.54. The van der Waals surface area contributed by atoms with Gasteiger partial charge >= 0.3 is 0 Å². The average Bonchev–Trinajstić information content (AvgIpc) is 2.74. The van der Waals surface area contributed by atoms with Crippen LogP contribution in [0.15, 0.2) is 70.4 Å². The molecule has 0 saturated carbocycles. The summed E-state index contributed by atoms with van der Waals surface area (Å²) in [7, 11) is 0. The molecule has 1 heterocycles. The highest BCUT2D eigenvalue weighted by atomic mass is 14.8. The number of dihydropyridines is 1. The monoisotopic (exact) mass is 231 g/mol. The number of benzene rings is 1. The van der Waals surface area contributed by atoms with Crippen LogP contribution in [0.2, 0.25) is 0 Å². The van der Waals surface area contributed by atoms with Gasteiger partial charge in [0.1, 0.15) is 0 Å². The van der Waals surface area contributed by atoms with Crippen molar-refractivity contribution in [3.05, 3.63) is 76.5 Å². The van der Waals surface area contributed by atoms with Crippen LogP contribution in [-0.4, -0.2) is 6.21 Å². The summed E-state index contributed by atoms with van der Waals surface area (Å²) in [4.78, 5) is 4.60. The lowest BCUT2D eigenvalue weighted by molar-refractivity contribution is 0.701. The molecule has 1 atom stereocenters. The molecule has 0 N–H and O–H groups in total. The predicted molar refractivity (Wildman–Crippen MR) is 75.6 cm³/mol. The topological polar surface area (TPSA) is 12.4 Å². The number of allylic oxidation sites excluding steroid dienone is 5. The Labute approximate surface area is 107 Å². The van der Waals surface area contributed by atoms with Crippen molar-refractivity contribution in [1.82, 2.24) is 0 Å². The van der Waals surface area contributed by atoms with E-state index in [-0.39, 0.29) is 5.41 Å². The maximum Gasteiger partial charge on any atom is 0.0840 e. The number of hydrogen-bond acceptors (Lipinski definition) is 1. The van der Waals surface area contributed by atoms with Crippen molar-refractivity contribution in [2.75, 3.05) is 0 Å².